The van der Waals surface area contributed by atoms with E-state index in [0.717, 1.165) is 6.20 Å². The van der Waals surface area contributed by atoms with E-state index in [0.29, 0.717) is 22.4 Å². The summed E-state index contributed by atoms with van der Waals surface area (Å²) in [7, 11) is 0. The minimum Gasteiger partial charge on any atom is -0.253 e. The molecular weight excluding hydrogens is 450 g/mol. The molecule has 3 rings (SSSR count). The number of rotatable bonds is 2. The number of aromatic nitrogens is 1. The molecule has 0 bridgehead atoms. The molecule has 0 saturated heterocycles. The van der Waals surface area contributed by atoms with E-state index in [9.17, 15) is 4.39 Å². The van der Waals surface area contributed by atoms with Gasteiger partial charge in [0.1, 0.15) is 5.82 Å². The SMILES string of the molecule is Fc1cnc(-c2cc(Cl)c(Cl)c(Cl)c2)c(-c2cc(Cl)c(Cl)c(Cl)c2)c1. The van der Waals surface area contributed by atoms with Crippen LogP contribution in [0, 0.1) is 5.82 Å². The topological polar surface area (TPSA) is 12.9 Å². The molecule has 0 aliphatic heterocycles. The summed E-state index contributed by atoms with van der Waals surface area (Å²) in [5.74, 6) is -0.521. The van der Waals surface area contributed by atoms with E-state index >= 15 is 0 Å². The highest BCUT2D eigenvalue weighted by Crippen LogP contribution is 2.40. The second kappa shape index (κ2) is 7.48. The van der Waals surface area contributed by atoms with E-state index in [2.05, 4.69) is 4.98 Å². The quantitative estimate of drug-likeness (QED) is 0.353. The van der Waals surface area contributed by atoms with Gasteiger partial charge in [-0.05, 0) is 35.9 Å². The van der Waals surface area contributed by atoms with Gasteiger partial charge in [-0.25, -0.2) is 4.39 Å². The zero-order valence-electron chi connectivity index (χ0n) is 12.1. The first-order valence-electron chi connectivity index (χ1n) is 6.73. The molecule has 0 N–H and O–H groups in total. The van der Waals surface area contributed by atoms with Crippen LogP contribution >= 0.6 is 69.6 Å². The first-order chi connectivity index (χ1) is 11.8. The van der Waals surface area contributed by atoms with E-state index < -0.39 is 5.82 Å². The smallest absolute Gasteiger partial charge is 0.142 e. The third-order valence-electron chi connectivity index (χ3n) is 3.41. The Labute approximate surface area is 173 Å². The summed E-state index contributed by atoms with van der Waals surface area (Å²) < 4.78 is 13.8. The maximum absolute atomic E-state index is 13.8. The lowest BCUT2D eigenvalue weighted by atomic mass is 9.99. The Bertz CT molecular complexity index is 943. The average Bonchev–Trinajstić information content (AvgIpc) is 2.56. The van der Waals surface area contributed by atoms with Crippen LogP contribution < -0.4 is 0 Å². The first-order valence-corrected chi connectivity index (χ1v) is 9.00. The molecule has 25 heavy (non-hydrogen) atoms. The maximum atomic E-state index is 13.8. The van der Waals surface area contributed by atoms with Crippen LogP contribution in [0.2, 0.25) is 30.1 Å². The fourth-order valence-corrected chi connectivity index (χ4v) is 3.48. The highest BCUT2D eigenvalue weighted by molar-refractivity contribution is 6.49. The minimum absolute atomic E-state index is 0.218. The van der Waals surface area contributed by atoms with Gasteiger partial charge >= 0.3 is 0 Å². The molecule has 0 spiro atoms. The van der Waals surface area contributed by atoms with Gasteiger partial charge in [0.05, 0.1) is 42.0 Å². The molecular formula is C17H6Cl6FN. The molecule has 0 saturated carbocycles. The third kappa shape index (κ3) is 3.85. The fraction of sp³-hybridized carbons (Fsp3) is 0. The number of halogens is 7. The van der Waals surface area contributed by atoms with Gasteiger partial charge in [-0.3, -0.25) is 4.98 Å². The standard InChI is InChI=1S/C17H6Cl6FN/c18-11-1-7(2-12(19)15(11)22)10-5-9(24)6-25-17(10)8-3-13(20)16(23)14(21)4-8/h1-6H. The van der Waals surface area contributed by atoms with E-state index in [1.54, 1.807) is 24.3 Å². The normalized spacial score (nSPS) is 11.0. The van der Waals surface area contributed by atoms with Crippen LogP contribution in [0.5, 0.6) is 0 Å². The first kappa shape index (κ1) is 19.0. The predicted molar refractivity (Wildman–Crippen MR) is 105 cm³/mol. The van der Waals surface area contributed by atoms with Gasteiger partial charge in [0.2, 0.25) is 0 Å². The average molecular weight is 456 g/mol. The van der Waals surface area contributed by atoms with Gasteiger partial charge in [-0.1, -0.05) is 69.6 Å². The summed E-state index contributed by atoms with van der Waals surface area (Å²) in [5.41, 5.74) is 2.01. The summed E-state index contributed by atoms with van der Waals surface area (Å²) in [6.45, 7) is 0. The highest BCUT2D eigenvalue weighted by Gasteiger charge is 2.16. The van der Waals surface area contributed by atoms with Crippen LogP contribution in [0.15, 0.2) is 36.5 Å². The van der Waals surface area contributed by atoms with Crippen molar-refractivity contribution in [2.75, 3.05) is 0 Å². The van der Waals surface area contributed by atoms with Crippen LogP contribution in [0.1, 0.15) is 0 Å². The van der Waals surface area contributed by atoms with Crippen molar-refractivity contribution < 1.29 is 4.39 Å². The van der Waals surface area contributed by atoms with E-state index in [4.69, 9.17) is 69.6 Å². The van der Waals surface area contributed by atoms with Gasteiger partial charge in [0, 0.05) is 11.1 Å². The van der Waals surface area contributed by atoms with E-state index in [1.807, 2.05) is 0 Å². The number of benzene rings is 2. The summed E-state index contributed by atoms with van der Waals surface area (Å²) in [6, 6.07) is 7.66. The molecule has 1 aromatic heterocycles. The lowest BCUT2D eigenvalue weighted by Gasteiger charge is -2.12. The highest BCUT2D eigenvalue weighted by atomic mass is 35.5. The fourth-order valence-electron chi connectivity index (χ4n) is 2.29. The lowest BCUT2D eigenvalue weighted by molar-refractivity contribution is 0.622. The molecule has 0 fully saturated rings. The Morgan fingerprint density at radius 2 is 1.08 bits per heavy atom. The molecule has 8 heteroatoms. The van der Waals surface area contributed by atoms with Crippen molar-refractivity contribution in [1.29, 1.82) is 0 Å². The molecule has 128 valence electrons. The van der Waals surface area contributed by atoms with Gasteiger partial charge in [-0.2, -0.15) is 0 Å². The summed E-state index contributed by atoms with van der Waals surface area (Å²) in [5, 5.41) is 1.45. The third-order valence-corrected chi connectivity index (χ3v) is 5.80. The van der Waals surface area contributed by atoms with Crippen molar-refractivity contribution in [3.05, 3.63) is 72.5 Å². The Morgan fingerprint density at radius 1 is 0.640 bits per heavy atom. The number of hydrogen-bond donors (Lipinski definition) is 0. The zero-order valence-corrected chi connectivity index (χ0v) is 16.6. The lowest BCUT2D eigenvalue weighted by Crippen LogP contribution is -1.92. The Morgan fingerprint density at radius 3 is 1.56 bits per heavy atom. The van der Waals surface area contributed by atoms with Crippen molar-refractivity contribution >= 4 is 69.6 Å². The Kier molecular flexibility index (Phi) is 5.69. The Hall–Kier alpha value is -0.740. The van der Waals surface area contributed by atoms with Crippen molar-refractivity contribution in [3.8, 4) is 22.4 Å². The van der Waals surface area contributed by atoms with Gasteiger partial charge in [0.25, 0.3) is 0 Å². The van der Waals surface area contributed by atoms with E-state index in [1.165, 1.54) is 6.07 Å². The van der Waals surface area contributed by atoms with Crippen LogP contribution in [0.4, 0.5) is 4.39 Å². The predicted octanol–water partition coefficient (Wildman–Crippen LogP) is 8.48. The molecule has 2 aromatic carbocycles. The summed E-state index contributed by atoms with van der Waals surface area (Å²) >= 11 is 36.3. The molecule has 0 aliphatic rings. The van der Waals surface area contributed by atoms with Crippen molar-refractivity contribution in [2.24, 2.45) is 0 Å². The molecule has 0 aliphatic carbocycles. The number of hydrogen-bond acceptors (Lipinski definition) is 1. The van der Waals surface area contributed by atoms with Crippen molar-refractivity contribution in [3.63, 3.8) is 0 Å². The summed E-state index contributed by atoms with van der Waals surface area (Å²) in [4.78, 5) is 4.16. The molecule has 0 amide bonds. The van der Waals surface area contributed by atoms with Crippen molar-refractivity contribution in [2.45, 2.75) is 0 Å². The van der Waals surface area contributed by atoms with Crippen LogP contribution in [-0.4, -0.2) is 4.98 Å². The van der Waals surface area contributed by atoms with Crippen molar-refractivity contribution in [1.82, 2.24) is 4.98 Å². The molecule has 1 heterocycles. The maximum Gasteiger partial charge on any atom is 0.142 e. The summed E-state index contributed by atoms with van der Waals surface area (Å²) in [6.07, 6.45) is 1.09. The molecule has 0 atom stereocenters. The molecule has 0 radical (unpaired) electrons. The van der Waals surface area contributed by atoms with Crippen LogP contribution in [0.25, 0.3) is 22.4 Å². The molecule has 0 unspecified atom stereocenters. The van der Waals surface area contributed by atoms with E-state index in [-0.39, 0.29) is 30.1 Å². The zero-order chi connectivity index (χ0) is 18.3. The Balaban J connectivity index is 2.27. The van der Waals surface area contributed by atoms with Gasteiger partial charge < -0.3 is 0 Å². The second-order valence-corrected chi connectivity index (χ2v) is 7.44. The van der Waals surface area contributed by atoms with Gasteiger partial charge in [-0.15, -0.1) is 0 Å². The molecule has 3 aromatic rings. The number of pyridine rings is 1. The minimum atomic E-state index is -0.521. The monoisotopic (exact) mass is 453 g/mol. The molecule has 1 nitrogen and oxygen atoms in total. The largest absolute Gasteiger partial charge is 0.253 e. The second-order valence-electron chi connectivity index (χ2n) is 5.06. The number of nitrogens with zero attached hydrogens (tertiary/aromatic N) is 1. The van der Waals surface area contributed by atoms with Crippen LogP contribution in [-0.2, 0) is 0 Å². The van der Waals surface area contributed by atoms with Crippen LogP contribution in [0.3, 0.4) is 0 Å². The van der Waals surface area contributed by atoms with Gasteiger partial charge in [0.15, 0.2) is 0 Å².